The Morgan fingerprint density at radius 1 is 1.33 bits per heavy atom. The lowest BCUT2D eigenvalue weighted by Crippen LogP contribution is -1.91. The van der Waals surface area contributed by atoms with Gasteiger partial charge in [0.2, 0.25) is 0 Å². The van der Waals surface area contributed by atoms with Crippen LogP contribution in [0.3, 0.4) is 0 Å². The first-order valence-electron chi connectivity index (χ1n) is 3.59. The van der Waals surface area contributed by atoms with Gasteiger partial charge in [0.1, 0.15) is 0 Å². The summed E-state index contributed by atoms with van der Waals surface area (Å²) in [5, 5.41) is 12.1. The van der Waals surface area contributed by atoms with Crippen LogP contribution in [0.15, 0.2) is 17.3 Å². The quantitative estimate of drug-likeness (QED) is 0.405. The van der Waals surface area contributed by atoms with Crippen LogP contribution < -0.4 is 0 Å². The molecule has 0 saturated heterocycles. The van der Waals surface area contributed by atoms with E-state index < -0.39 is 0 Å². The topological polar surface area (TPSA) is 32.6 Å². The van der Waals surface area contributed by atoms with Gasteiger partial charge >= 0.3 is 0 Å². The maximum Gasteiger partial charge on any atom is 0.0739 e. The van der Waals surface area contributed by atoms with E-state index >= 15 is 0 Å². The summed E-state index contributed by atoms with van der Waals surface area (Å²) in [7, 11) is 0. The molecule has 0 unspecified atom stereocenters. The van der Waals surface area contributed by atoms with Gasteiger partial charge in [-0.05, 0) is 37.1 Å². The largest absolute Gasteiger partial charge is 0.411 e. The highest BCUT2D eigenvalue weighted by Crippen LogP contribution is 2.18. The summed E-state index contributed by atoms with van der Waals surface area (Å²) in [6, 6.07) is 3.68. The van der Waals surface area contributed by atoms with Crippen LogP contribution in [-0.2, 0) is 0 Å². The normalized spacial score (nSPS) is 10.9. The fraction of sp³-hybridized carbons (Fsp3) is 0.222. The van der Waals surface area contributed by atoms with Crippen LogP contribution in [0.1, 0.15) is 16.7 Å². The second-order valence-electron chi connectivity index (χ2n) is 2.70. The Balaban J connectivity index is 3.28. The molecule has 1 aromatic rings. The standard InChI is InChI=1S/C9H10ClNO/c1-6-3-8(10)4-7(2)9(6)5-11-12/h3-5,12H,1-2H3/b11-5+. The highest BCUT2D eigenvalue weighted by Gasteiger charge is 2.01. The van der Waals surface area contributed by atoms with Crippen LogP contribution in [0.4, 0.5) is 0 Å². The summed E-state index contributed by atoms with van der Waals surface area (Å²) in [6.07, 6.45) is 1.42. The Bertz CT molecular complexity index is 297. The van der Waals surface area contributed by atoms with Gasteiger partial charge in [0.25, 0.3) is 0 Å². The predicted molar refractivity (Wildman–Crippen MR) is 50.3 cm³/mol. The van der Waals surface area contributed by atoms with Crippen LogP contribution in [0.25, 0.3) is 0 Å². The van der Waals surface area contributed by atoms with Crippen molar-refractivity contribution in [2.24, 2.45) is 5.16 Å². The first kappa shape index (κ1) is 9.07. The molecule has 0 fully saturated rings. The zero-order valence-electron chi connectivity index (χ0n) is 7.00. The van der Waals surface area contributed by atoms with E-state index in [1.54, 1.807) is 0 Å². The lowest BCUT2D eigenvalue weighted by atomic mass is 10.0. The molecule has 0 aliphatic heterocycles. The van der Waals surface area contributed by atoms with E-state index in [9.17, 15) is 0 Å². The summed E-state index contributed by atoms with van der Waals surface area (Å²) in [5.41, 5.74) is 2.94. The zero-order chi connectivity index (χ0) is 9.14. The molecule has 0 aliphatic rings. The minimum Gasteiger partial charge on any atom is -0.411 e. The van der Waals surface area contributed by atoms with Crippen molar-refractivity contribution < 1.29 is 5.21 Å². The van der Waals surface area contributed by atoms with E-state index in [4.69, 9.17) is 16.8 Å². The SMILES string of the molecule is Cc1cc(Cl)cc(C)c1/C=N/O. The molecular weight excluding hydrogens is 174 g/mol. The van der Waals surface area contributed by atoms with E-state index in [1.165, 1.54) is 6.21 Å². The fourth-order valence-electron chi connectivity index (χ4n) is 1.18. The Morgan fingerprint density at radius 3 is 2.25 bits per heavy atom. The van der Waals surface area contributed by atoms with E-state index in [-0.39, 0.29) is 0 Å². The maximum atomic E-state index is 8.37. The van der Waals surface area contributed by atoms with Crippen molar-refractivity contribution in [2.75, 3.05) is 0 Å². The molecule has 0 radical (unpaired) electrons. The van der Waals surface area contributed by atoms with Crippen molar-refractivity contribution >= 4 is 17.8 Å². The van der Waals surface area contributed by atoms with Crippen molar-refractivity contribution in [2.45, 2.75) is 13.8 Å². The minimum atomic E-state index is 0.708. The van der Waals surface area contributed by atoms with Crippen molar-refractivity contribution in [3.8, 4) is 0 Å². The number of halogens is 1. The Morgan fingerprint density at radius 2 is 1.83 bits per heavy atom. The smallest absolute Gasteiger partial charge is 0.0739 e. The van der Waals surface area contributed by atoms with Gasteiger partial charge in [-0.25, -0.2) is 0 Å². The van der Waals surface area contributed by atoms with Crippen molar-refractivity contribution in [1.29, 1.82) is 0 Å². The zero-order valence-corrected chi connectivity index (χ0v) is 7.76. The Kier molecular flexibility index (Phi) is 2.71. The van der Waals surface area contributed by atoms with Crippen LogP contribution >= 0.6 is 11.6 Å². The molecular formula is C9H10ClNO. The monoisotopic (exact) mass is 183 g/mol. The average molecular weight is 184 g/mol. The van der Waals surface area contributed by atoms with Gasteiger partial charge in [-0.15, -0.1) is 0 Å². The highest BCUT2D eigenvalue weighted by molar-refractivity contribution is 6.30. The molecule has 1 N–H and O–H groups in total. The number of rotatable bonds is 1. The van der Waals surface area contributed by atoms with Crippen LogP contribution in [0.5, 0.6) is 0 Å². The van der Waals surface area contributed by atoms with Gasteiger partial charge in [0.05, 0.1) is 6.21 Å². The summed E-state index contributed by atoms with van der Waals surface area (Å²) < 4.78 is 0. The molecule has 0 heterocycles. The number of benzene rings is 1. The minimum absolute atomic E-state index is 0.708. The first-order chi connectivity index (χ1) is 5.65. The van der Waals surface area contributed by atoms with E-state index in [2.05, 4.69) is 5.16 Å². The van der Waals surface area contributed by atoms with Gasteiger partial charge in [0.15, 0.2) is 0 Å². The Labute approximate surface area is 76.5 Å². The number of hydrogen-bond donors (Lipinski definition) is 1. The number of hydrogen-bond acceptors (Lipinski definition) is 2. The lowest BCUT2D eigenvalue weighted by Gasteiger charge is -2.03. The summed E-state index contributed by atoms with van der Waals surface area (Å²) in [6.45, 7) is 3.85. The molecule has 64 valence electrons. The molecule has 1 rings (SSSR count). The predicted octanol–water partition coefficient (Wildman–Crippen LogP) is 2.76. The third-order valence-corrected chi connectivity index (χ3v) is 1.96. The third kappa shape index (κ3) is 1.77. The molecule has 0 atom stereocenters. The second-order valence-corrected chi connectivity index (χ2v) is 3.13. The van der Waals surface area contributed by atoms with Gasteiger partial charge in [-0.2, -0.15) is 0 Å². The van der Waals surface area contributed by atoms with Crippen molar-refractivity contribution in [1.82, 2.24) is 0 Å². The molecule has 12 heavy (non-hydrogen) atoms. The number of nitrogens with zero attached hydrogens (tertiary/aromatic N) is 1. The van der Waals surface area contributed by atoms with E-state index in [1.807, 2.05) is 26.0 Å². The number of oxime groups is 1. The fourth-order valence-corrected chi connectivity index (χ4v) is 1.51. The number of aryl methyl sites for hydroxylation is 2. The maximum absolute atomic E-state index is 8.37. The summed E-state index contributed by atoms with van der Waals surface area (Å²) in [4.78, 5) is 0. The van der Waals surface area contributed by atoms with Gasteiger partial charge < -0.3 is 5.21 Å². The lowest BCUT2D eigenvalue weighted by molar-refractivity contribution is 0.322. The first-order valence-corrected chi connectivity index (χ1v) is 3.97. The van der Waals surface area contributed by atoms with Crippen LogP contribution in [-0.4, -0.2) is 11.4 Å². The van der Waals surface area contributed by atoms with Crippen molar-refractivity contribution in [3.05, 3.63) is 33.8 Å². The van der Waals surface area contributed by atoms with Crippen LogP contribution in [0, 0.1) is 13.8 Å². The Hall–Kier alpha value is -1.02. The second kappa shape index (κ2) is 3.59. The van der Waals surface area contributed by atoms with E-state index in [0.29, 0.717) is 5.02 Å². The summed E-state index contributed by atoms with van der Waals surface area (Å²) >= 11 is 5.82. The van der Waals surface area contributed by atoms with Crippen molar-refractivity contribution in [3.63, 3.8) is 0 Å². The van der Waals surface area contributed by atoms with Crippen LogP contribution in [0.2, 0.25) is 5.02 Å². The van der Waals surface area contributed by atoms with Gasteiger partial charge in [-0.1, -0.05) is 16.8 Å². The molecule has 0 aromatic heterocycles. The van der Waals surface area contributed by atoms with Gasteiger partial charge in [-0.3, -0.25) is 0 Å². The molecule has 2 nitrogen and oxygen atoms in total. The summed E-state index contributed by atoms with van der Waals surface area (Å²) in [5.74, 6) is 0. The molecule has 1 aromatic carbocycles. The molecule has 0 spiro atoms. The molecule has 3 heteroatoms. The third-order valence-electron chi connectivity index (χ3n) is 1.75. The van der Waals surface area contributed by atoms with Gasteiger partial charge in [0, 0.05) is 10.6 Å². The van der Waals surface area contributed by atoms with E-state index in [0.717, 1.165) is 16.7 Å². The highest BCUT2D eigenvalue weighted by atomic mass is 35.5. The molecule has 0 amide bonds. The molecule has 0 aliphatic carbocycles. The average Bonchev–Trinajstić information content (AvgIpc) is 1.96. The molecule has 0 bridgehead atoms. The molecule has 0 saturated carbocycles.